The summed E-state index contributed by atoms with van der Waals surface area (Å²) in [5.41, 5.74) is 1.21. The molecule has 4 heteroatoms. The summed E-state index contributed by atoms with van der Waals surface area (Å²) >= 11 is 5.87. The molecule has 0 atom stereocenters. The van der Waals surface area contributed by atoms with Crippen LogP contribution in [-0.2, 0) is 0 Å². The van der Waals surface area contributed by atoms with Gasteiger partial charge in [0.1, 0.15) is 5.65 Å². The summed E-state index contributed by atoms with van der Waals surface area (Å²) < 4.78 is 1.87. The number of hydrogen-bond acceptors (Lipinski definition) is 2. The van der Waals surface area contributed by atoms with E-state index in [2.05, 4.69) is 4.98 Å². The van der Waals surface area contributed by atoms with E-state index in [4.69, 9.17) is 11.6 Å². The van der Waals surface area contributed by atoms with Crippen molar-refractivity contribution in [2.24, 2.45) is 0 Å². The molecule has 0 spiro atoms. The molecule has 0 unspecified atom stereocenters. The van der Waals surface area contributed by atoms with Crippen LogP contribution in [0.2, 0.25) is 5.02 Å². The van der Waals surface area contributed by atoms with Crippen LogP contribution in [0.15, 0.2) is 47.4 Å². The molecule has 78 valence electrons. The van der Waals surface area contributed by atoms with Gasteiger partial charge in [0.15, 0.2) is 0 Å². The lowest BCUT2D eigenvalue weighted by molar-refractivity contribution is 1.13. The Morgan fingerprint density at radius 3 is 2.94 bits per heavy atom. The van der Waals surface area contributed by atoms with Gasteiger partial charge in [0, 0.05) is 11.2 Å². The molecule has 0 aliphatic carbocycles. The maximum atomic E-state index is 11.8. The number of fused-ring (bicyclic) bond motifs is 3. The summed E-state index contributed by atoms with van der Waals surface area (Å²) in [4.78, 5) is 15.8. The molecule has 0 saturated carbocycles. The highest BCUT2D eigenvalue weighted by molar-refractivity contribution is 6.31. The Balaban J connectivity index is 2.65. The third kappa shape index (κ3) is 1.29. The van der Waals surface area contributed by atoms with Gasteiger partial charge >= 0.3 is 0 Å². The molecule has 3 rings (SSSR count). The number of halogens is 1. The zero-order chi connectivity index (χ0) is 11.1. The van der Waals surface area contributed by atoms with E-state index in [9.17, 15) is 4.79 Å². The highest BCUT2D eigenvalue weighted by atomic mass is 35.5. The Hall–Kier alpha value is -1.87. The van der Waals surface area contributed by atoms with Crippen LogP contribution in [0.25, 0.3) is 16.6 Å². The van der Waals surface area contributed by atoms with Gasteiger partial charge in [-0.25, -0.2) is 0 Å². The third-order valence-electron chi connectivity index (χ3n) is 2.50. The van der Waals surface area contributed by atoms with Gasteiger partial charge in [-0.05, 0) is 30.3 Å². The average Bonchev–Trinajstić information content (AvgIpc) is 2.29. The van der Waals surface area contributed by atoms with Crippen LogP contribution in [0.4, 0.5) is 0 Å². The lowest BCUT2D eigenvalue weighted by atomic mass is 10.2. The predicted molar refractivity (Wildman–Crippen MR) is 64.0 cm³/mol. The van der Waals surface area contributed by atoms with Crippen molar-refractivity contribution in [3.63, 3.8) is 0 Å². The van der Waals surface area contributed by atoms with Crippen LogP contribution in [0, 0.1) is 0 Å². The lowest BCUT2D eigenvalue weighted by Crippen LogP contribution is -2.10. The summed E-state index contributed by atoms with van der Waals surface area (Å²) in [7, 11) is 0. The minimum Gasteiger partial charge on any atom is -0.301 e. The summed E-state index contributed by atoms with van der Waals surface area (Å²) in [6.45, 7) is 0. The highest BCUT2D eigenvalue weighted by Gasteiger charge is 2.04. The van der Waals surface area contributed by atoms with Gasteiger partial charge in [-0.1, -0.05) is 17.7 Å². The first kappa shape index (κ1) is 9.36. The largest absolute Gasteiger partial charge is 0.301 e. The Morgan fingerprint density at radius 1 is 1.19 bits per heavy atom. The summed E-state index contributed by atoms with van der Waals surface area (Å²) in [6, 6.07) is 10.8. The average molecular weight is 231 g/mol. The molecule has 0 amide bonds. The number of hydrogen-bond donors (Lipinski definition) is 0. The van der Waals surface area contributed by atoms with Gasteiger partial charge in [0.05, 0.1) is 10.9 Å². The predicted octanol–water partition coefficient (Wildman–Crippen LogP) is 2.50. The van der Waals surface area contributed by atoms with Crippen LogP contribution < -0.4 is 5.56 Å². The van der Waals surface area contributed by atoms with Gasteiger partial charge in [-0.3, -0.25) is 4.79 Å². The van der Waals surface area contributed by atoms with E-state index in [1.54, 1.807) is 18.2 Å². The molecule has 0 fully saturated rings. The maximum Gasteiger partial charge on any atom is 0.281 e. The molecule has 0 aliphatic rings. The lowest BCUT2D eigenvalue weighted by Gasteiger charge is -2.04. The molecule has 3 aromatic rings. The first-order valence-corrected chi connectivity index (χ1v) is 5.20. The molecule has 0 radical (unpaired) electrons. The number of pyridine rings is 1. The van der Waals surface area contributed by atoms with Crippen molar-refractivity contribution >= 4 is 28.2 Å². The Morgan fingerprint density at radius 2 is 2.06 bits per heavy atom. The normalized spacial score (nSPS) is 11.1. The van der Waals surface area contributed by atoms with Crippen molar-refractivity contribution in [2.75, 3.05) is 0 Å². The van der Waals surface area contributed by atoms with Crippen LogP contribution in [0.3, 0.4) is 0 Å². The van der Waals surface area contributed by atoms with E-state index >= 15 is 0 Å². The van der Waals surface area contributed by atoms with Crippen molar-refractivity contribution in [3.8, 4) is 0 Å². The van der Waals surface area contributed by atoms with Crippen LogP contribution in [0.1, 0.15) is 0 Å². The fraction of sp³-hybridized carbons (Fsp3) is 0. The minimum absolute atomic E-state index is 0.247. The molecule has 0 saturated heterocycles. The van der Waals surface area contributed by atoms with Gasteiger partial charge in [-0.2, -0.15) is 4.98 Å². The molecule has 2 aromatic heterocycles. The molecule has 1 aromatic carbocycles. The standard InChI is InChI=1S/C12H7ClN2O/c13-8-4-5-10-9(7-8)12(16)14-11-3-1-2-6-15(10)11/h1-7H. The van der Waals surface area contributed by atoms with Gasteiger partial charge in [0.25, 0.3) is 5.56 Å². The van der Waals surface area contributed by atoms with Crippen molar-refractivity contribution in [1.82, 2.24) is 9.38 Å². The molecular weight excluding hydrogens is 224 g/mol. The number of nitrogens with zero attached hydrogens (tertiary/aromatic N) is 2. The molecule has 16 heavy (non-hydrogen) atoms. The number of benzene rings is 1. The van der Waals surface area contributed by atoms with Gasteiger partial charge in [0.2, 0.25) is 0 Å². The molecule has 3 nitrogen and oxygen atoms in total. The Labute approximate surface area is 95.9 Å². The quantitative estimate of drug-likeness (QED) is 0.556. The first-order chi connectivity index (χ1) is 7.75. The molecular formula is C12H7ClN2O. The summed E-state index contributed by atoms with van der Waals surface area (Å²) in [5, 5.41) is 1.08. The van der Waals surface area contributed by atoms with Crippen molar-refractivity contribution < 1.29 is 0 Å². The van der Waals surface area contributed by atoms with Crippen LogP contribution in [-0.4, -0.2) is 9.38 Å². The zero-order valence-corrected chi connectivity index (χ0v) is 8.98. The second-order valence-electron chi connectivity index (χ2n) is 3.51. The fourth-order valence-electron chi connectivity index (χ4n) is 1.78. The topological polar surface area (TPSA) is 34.4 Å². The van der Waals surface area contributed by atoms with Gasteiger partial charge < -0.3 is 4.40 Å². The van der Waals surface area contributed by atoms with E-state index in [0.29, 0.717) is 16.1 Å². The van der Waals surface area contributed by atoms with Crippen molar-refractivity contribution in [2.45, 2.75) is 0 Å². The maximum absolute atomic E-state index is 11.8. The molecule has 0 bridgehead atoms. The zero-order valence-electron chi connectivity index (χ0n) is 8.22. The first-order valence-electron chi connectivity index (χ1n) is 4.82. The van der Waals surface area contributed by atoms with Crippen LogP contribution >= 0.6 is 11.6 Å². The second kappa shape index (κ2) is 3.32. The second-order valence-corrected chi connectivity index (χ2v) is 3.94. The smallest absolute Gasteiger partial charge is 0.281 e. The monoisotopic (exact) mass is 230 g/mol. The van der Waals surface area contributed by atoms with E-state index in [-0.39, 0.29) is 5.56 Å². The summed E-state index contributed by atoms with van der Waals surface area (Å²) in [5.74, 6) is 0. The molecule has 0 aliphatic heterocycles. The number of aromatic nitrogens is 2. The Bertz CT molecular complexity index is 749. The fourth-order valence-corrected chi connectivity index (χ4v) is 1.95. The van der Waals surface area contributed by atoms with E-state index in [0.717, 1.165) is 5.52 Å². The molecule has 2 heterocycles. The molecule has 0 N–H and O–H groups in total. The van der Waals surface area contributed by atoms with Crippen molar-refractivity contribution in [3.05, 3.63) is 58.0 Å². The summed E-state index contributed by atoms with van der Waals surface area (Å²) in [6.07, 6.45) is 1.87. The van der Waals surface area contributed by atoms with Crippen molar-refractivity contribution in [1.29, 1.82) is 0 Å². The minimum atomic E-state index is -0.247. The van der Waals surface area contributed by atoms with E-state index in [1.807, 2.05) is 28.8 Å². The Kier molecular flexibility index (Phi) is 1.94. The third-order valence-corrected chi connectivity index (χ3v) is 2.74. The highest BCUT2D eigenvalue weighted by Crippen LogP contribution is 2.16. The number of rotatable bonds is 0. The van der Waals surface area contributed by atoms with E-state index in [1.165, 1.54) is 0 Å². The van der Waals surface area contributed by atoms with Gasteiger partial charge in [-0.15, -0.1) is 0 Å². The van der Waals surface area contributed by atoms with Crippen LogP contribution in [0.5, 0.6) is 0 Å². The SMILES string of the molecule is O=c1nc2ccccn2c2ccc(Cl)cc12. The van der Waals surface area contributed by atoms with E-state index < -0.39 is 0 Å².